The summed E-state index contributed by atoms with van der Waals surface area (Å²) in [6.45, 7) is 0.531. The van der Waals surface area contributed by atoms with Gasteiger partial charge in [0.25, 0.3) is 0 Å². The molecule has 2 N–H and O–H groups in total. The molecule has 4 rings (SSSR count). The predicted octanol–water partition coefficient (Wildman–Crippen LogP) is -1.18. The zero-order valence-electron chi connectivity index (χ0n) is 9.56. The second-order valence-corrected chi connectivity index (χ2v) is 4.73. The highest BCUT2D eigenvalue weighted by Crippen LogP contribution is 2.35. The molecule has 0 unspecified atom stereocenters. The quantitative estimate of drug-likeness (QED) is 0.612. The molecule has 0 aromatic rings. The van der Waals surface area contributed by atoms with Crippen LogP contribution in [-0.2, 0) is 9.47 Å². The third kappa shape index (κ3) is 1.23. The third-order valence-electron chi connectivity index (χ3n) is 3.66. The van der Waals surface area contributed by atoms with E-state index in [1.165, 1.54) is 0 Å². The molecule has 7 nitrogen and oxygen atoms in total. The van der Waals surface area contributed by atoms with Gasteiger partial charge in [0, 0.05) is 18.3 Å². The van der Waals surface area contributed by atoms with E-state index in [0.717, 1.165) is 24.4 Å². The summed E-state index contributed by atoms with van der Waals surface area (Å²) in [5, 5.41) is 19.1. The summed E-state index contributed by atoms with van der Waals surface area (Å²) in [5.74, 6) is 0.717. The van der Waals surface area contributed by atoms with E-state index in [-0.39, 0.29) is 6.61 Å². The van der Waals surface area contributed by atoms with Crippen molar-refractivity contribution in [2.24, 2.45) is 9.98 Å². The smallest absolute Gasteiger partial charge is 0.301 e. The van der Waals surface area contributed by atoms with Crippen molar-refractivity contribution >= 4 is 11.9 Å². The molecule has 0 amide bonds. The first kappa shape index (κ1) is 10.5. The average molecular weight is 251 g/mol. The van der Waals surface area contributed by atoms with Gasteiger partial charge in [-0.25, -0.2) is 0 Å². The Labute approximate surface area is 103 Å². The second-order valence-electron chi connectivity index (χ2n) is 4.73. The van der Waals surface area contributed by atoms with Crippen molar-refractivity contribution in [1.82, 2.24) is 4.90 Å². The first-order chi connectivity index (χ1) is 8.78. The highest BCUT2D eigenvalue weighted by molar-refractivity contribution is 6.08. The van der Waals surface area contributed by atoms with E-state index in [4.69, 9.17) is 14.6 Å². The van der Waals surface area contributed by atoms with Crippen LogP contribution < -0.4 is 0 Å². The van der Waals surface area contributed by atoms with Crippen molar-refractivity contribution in [1.29, 1.82) is 0 Å². The Kier molecular flexibility index (Phi) is 2.06. The van der Waals surface area contributed by atoms with Crippen molar-refractivity contribution in [2.45, 2.75) is 31.0 Å². The molecule has 18 heavy (non-hydrogen) atoms. The molecule has 0 aliphatic carbocycles. The molecule has 0 saturated carbocycles. The number of fused-ring (bicyclic) bond motifs is 4. The molecule has 4 aliphatic heterocycles. The zero-order chi connectivity index (χ0) is 12.3. The number of ether oxygens (including phenoxy) is 2. The Morgan fingerprint density at radius 3 is 3.22 bits per heavy atom. The summed E-state index contributed by atoms with van der Waals surface area (Å²) in [7, 11) is 0. The van der Waals surface area contributed by atoms with Gasteiger partial charge in [-0.15, -0.1) is 0 Å². The van der Waals surface area contributed by atoms with Gasteiger partial charge in [0.1, 0.15) is 12.2 Å². The molecule has 0 aromatic heterocycles. The van der Waals surface area contributed by atoms with Crippen LogP contribution in [0.1, 0.15) is 6.42 Å². The minimum Gasteiger partial charge on any atom is -0.454 e. The van der Waals surface area contributed by atoms with Crippen LogP contribution in [0.5, 0.6) is 0 Å². The molecule has 2 saturated heterocycles. The largest absolute Gasteiger partial charge is 0.454 e. The van der Waals surface area contributed by atoms with Gasteiger partial charge in [-0.1, -0.05) is 0 Å². The van der Waals surface area contributed by atoms with Crippen molar-refractivity contribution < 1.29 is 19.7 Å². The molecule has 0 bridgehead atoms. The van der Waals surface area contributed by atoms with Gasteiger partial charge in [-0.3, -0.25) is 9.89 Å². The molecule has 4 aliphatic rings. The fourth-order valence-electron chi connectivity index (χ4n) is 2.71. The maximum Gasteiger partial charge on any atom is 0.301 e. The molecule has 0 radical (unpaired) electrons. The monoisotopic (exact) mass is 251 g/mol. The molecule has 4 atom stereocenters. The summed E-state index contributed by atoms with van der Waals surface area (Å²) in [6, 6.07) is 0.421. The first-order valence-electron chi connectivity index (χ1n) is 6.01. The topological polar surface area (TPSA) is 86.9 Å². The first-order valence-corrected chi connectivity index (χ1v) is 6.01. The summed E-state index contributed by atoms with van der Waals surface area (Å²) < 4.78 is 11.2. The highest BCUT2D eigenvalue weighted by atomic mass is 16.6. The van der Waals surface area contributed by atoms with Gasteiger partial charge in [0.2, 0.25) is 0 Å². The Morgan fingerprint density at radius 1 is 1.50 bits per heavy atom. The molecule has 4 heterocycles. The number of rotatable bonds is 1. The summed E-state index contributed by atoms with van der Waals surface area (Å²) in [4.78, 5) is 10.4. The van der Waals surface area contributed by atoms with E-state index >= 15 is 0 Å². The average Bonchev–Trinajstić information content (AvgIpc) is 3.02. The van der Waals surface area contributed by atoms with Gasteiger partial charge in [0.15, 0.2) is 18.2 Å². The Hall–Kier alpha value is -1.44. The van der Waals surface area contributed by atoms with E-state index in [0.29, 0.717) is 6.02 Å². The van der Waals surface area contributed by atoms with E-state index in [2.05, 4.69) is 9.98 Å². The number of aliphatic imine (C=N–C) groups is 2. The van der Waals surface area contributed by atoms with E-state index < -0.39 is 24.5 Å². The number of aliphatic hydroxyl groups is 2. The molecule has 7 heteroatoms. The van der Waals surface area contributed by atoms with Crippen LogP contribution in [0.25, 0.3) is 0 Å². The minimum absolute atomic E-state index is 0.221. The molecule has 2 fully saturated rings. The maximum absolute atomic E-state index is 9.97. The lowest BCUT2D eigenvalue weighted by Crippen LogP contribution is -2.35. The van der Waals surface area contributed by atoms with Gasteiger partial charge < -0.3 is 19.7 Å². The maximum atomic E-state index is 9.97. The van der Waals surface area contributed by atoms with Gasteiger partial charge in [0.05, 0.1) is 6.61 Å². The highest BCUT2D eigenvalue weighted by Gasteiger charge is 2.54. The van der Waals surface area contributed by atoms with E-state index in [1.54, 1.807) is 4.90 Å². The van der Waals surface area contributed by atoms with Crippen LogP contribution in [0.2, 0.25) is 0 Å². The third-order valence-corrected chi connectivity index (χ3v) is 3.66. The van der Waals surface area contributed by atoms with Crippen molar-refractivity contribution in [2.75, 3.05) is 13.2 Å². The standard InChI is InChI=1S/C11H13N3O4/c15-4-6-7(16)8-10(17-6)14-3-5-1-2-12-9(5)13-11(14)18-8/h3,6-8,10,15-16H,1-2,4H2/t6-,7-,8+,10-/m1/s1. The van der Waals surface area contributed by atoms with Crippen LogP contribution >= 0.6 is 0 Å². The fraction of sp³-hybridized carbons (Fsp3) is 0.636. The predicted molar refractivity (Wildman–Crippen MR) is 60.9 cm³/mol. The lowest BCUT2D eigenvalue weighted by molar-refractivity contribution is -0.0474. The normalized spacial score (nSPS) is 40.6. The van der Waals surface area contributed by atoms with E-state index in [1.807, 2.05) is 6.20 Å². The Morgan fingerprint density at radius 2 is 2.39 bits per heavy atom. The molecular weight excluding hydrogens is 238 g/mol. The van der Waals surface area contributed by atoms with Crippen molar-refractivity contribution in [3.8, 4) is 0 Å². The Bertz CT molecular complexity index is 487. The second kappa shape index (κ2) is 3.53. The fourth-order valence-corrected chi connectivity index (χ4v) is 2.71. The van der Waals surface area contributed by atoms with E-state index in [9.17, 15) is 5.11 Å². The lowest BCUT2D eigenvalue weighted by atomic mass is 10.1. The van der Waals surface area contributed by atoms with Crippen LogP contribution in [0.3, 0.4) is 0 Å². The Balaban J connectivity index is 1.68. The summed E-state index contributed by atoms with van der Waals surface area (Å²) >= 11 is 0. The molecular formula is C11H13N3O4. The number of hydrogen-bond acceptors (Lipinski definition) is 7. The molecule has 0 spiro atoms. The SMILES string of the molecule is OC[C@H]1O[C@@H]2[C@@H](OC3=NC4=NCCC4=CN32)[C@@H]1O. The minimum atomic E-state index is -0.839. The van der Waals surface area contributed by atoms with Gasteiger partial charge in [-0.05, 0) is 6.42 Å². The zero-order valence-corrected chi connectivity index (χ0v) is 9.56. The van der Waals surface area contributed by atoms with Crippen LogP contribution in [0.15, 0.2) is 21.8 Å². The number of nitrogens with zero attached hydrogens (tertiary/aromatic N) is 3. The van der Waals surface area contributed by atoms with Crippen LogP contribution in [-0.4, -0.2) is 64.7 Å². The number of amidine groups is 2. The lowest BCUT2D eigenvalue weighted by Gasteiger charge is -2.22. The van der Waals surface area contributed by atoms with Crippen LogP contribution in [0.4, 0.5) is 0 Å². The van der Waals surface area contributed by atoms with Crippen LogP contribution in [0, 0.1) is 0 Å². The van der Waals surface area contributed by atoms with Crippen molar-refractivity contribution in [3.63, 3.8) is 0 Å². The molecule has 96 valence electrons. The van der Waals surface area contributed by atoms with Gasteiger partial charge in [-0.2, -0.15) is 4.99 Å². The molecule has 0 aromatic carbocycles. The number of hydrogen-bond donors (Lipinski definition) is 2. The van der Waals surface area contributed by atoms with Gasteiger partial charge >= 0.3 is 6.02 Å². The summed E-state index contributed by atoms with van der Waals surface area (Å²) in [6.07, 6.45) is 0.437. The summed E-state index contributed by atoms with van der Waals surface area (Å²) in [5.41, 5.74) is 1.06. The van der Waals surface area contributed by atoms with Crippen molar-refractivity contribution in [3.05, 3.63) is 11.8 Å². The number of aliphatic hydroxyl groups excluding tert-OH is 2.